The van der Waals surface area contributed by atoms with E-state index in [2.05, 4.69) is 40.6 Å². The molecule has 3 aromatic rings. The van der Waals surface area contributed by atoms with Gasteiger partial charge in [-0.15, -0.1) is 0 Å². The Morgan fingerprint density at radius 2 is 1.84 bits per heavy atom. The van der Waals surface area contributed by atoms with Gasteiger partial charge in [-0.2, -0.15) is 5.26 Å². The lowest BCUT2D eigenvalue weighted by molar-refractivity contribution is -0.135. The molecular weight excluding hydrogens is 458 g/mol. The summed E-state index contributed by atoms with van der Waals surface area (Å²) < 4.78 is 0. The van der Waals surface area contributed by atoms with Crippen molar-refractivity contribution >= 4 is 28.7 Å². The van der Waals surface area contributed by atoms with E-state index in [4.69, 9.17) is 9.97 Å². The van der Waals surface area contributed by atoms with Crippen LogP contribution >= 0.6 is 0 Å². The van der Waals surface area contributed by atoms with Crippen LogP contribution in [-0.4, -0.2) is 46.5 Å². The third-order valence-electron chi connectivity index (χ3n) is 8.45. The minimum Gasteiger partial charge on any atom is -0.352 e. The van der Waals surface area contributed by atoms with E-state index in [0.717, 1.165) is 84.6 Å². The summed E-state index contributed by atoms with van der Waals surface area (Å²) in [6, 6.07) is 15.0. The summed E-state index contributed by atoms with van der Waals surface area (Å²) in [5.74, 6) is 2.38. The molecule has 1 amide bonds. The molecule has 3 heterocycles. The van der Waals surface area contributed by atoms with Crippen molar-refractivity contribution in [2.75, 3.05) is 24.5 Å². The number of carbonyl (C=O) groups excluding carboxylic acids is 1. The van der Waals surface area contributed by atoms with E-state index >= 15 is 0 Å². The molecule has 0 radical (unpaired) electrons. The molecule has 4 fully saturated rings. The third-order valence-corrected chi connectivity index (χ3v) is 8.45. The summed E-state index contributed by atoms with van der Waals surface area (Å²) in [6.45, 7) is 6.17. The second-order valence-electron chi connectivity index (χ2n) is 11.2. The molecule has 0 N–H and O–H groups in total. The number of carbonyl (C=O) groups is 1. The predicted molar refractivity (Wildman–Crippen MR) is 145 cm³/mol. The Balaban J connectivity index is 1.30. The van der Waals surface area contributed by atoms with Gasteiger partial charge in [-0.25, -0.2) is 9.97 Å². The monoisotopic (exact) mass is 489 g/mol. The molecule has 6 heteroatoms. The molecule has 1 aromatic carbocycles. The highest BCUT2D eigenvalue weighted by atomic mass is 16.2. The number of para-hydroxylation sites is 1. The van der Waals surface area contributed by atoms with Crippen LogP contribution in [0.1, 0.15) is 61.4 Å². The lowest BCUT2D eigenvalue weighted by atomic mass is 9.95. The quantitative estimate of drug-likeness (QED) is 0.455. The second-order valence-corrected chi connectivity index (χ2v) is 11.2. The molecule has 3 saturated carbocycles. The highest BCUT2D eigenvalue weighted by Crippen LogP contribution is 2.47. The number of hydrogen-bond acceptors (Lipinski definition) is 5. The van der Waals surface area contributed by atoms with Crippen molar-refractivity contribution in [3.8, 4) is 17.2 Å². The zero-order valence-corrected chi connectivity index (χ0v) is 21.1. The van der Waals surface area contributed by atoms with E-state index in [-0.39, 0.29) is 12.0 Å². The smallest absolute Gasteiger partial charge is 0.226 e. The van der Waals surface area contributed by atoms with Crippen LogP contribution in [0.15, 0.2) is 43.0 Å². The summed E-state index contributed by atoms with van der Waals surface area (Å²) in [7, 11) is 0. The number of amides is 1. The first-order valence-electron chi connectivity index (χ1n) is 13.7. The van der Waals surface area contributed by atoms with Crippen LogP contribution in [0.3, 0.4) is 0 Å². The van der Waals surface area contributed by atoms with Crippen LogP contribution in [0, 0.1) is 23.2 Å². The molecular formula is C31H31N5O. The Labute approximate surface area is 217 Å². The van der Waals surface area contributed by atoms with Crippen LogP contribution in [0.5, 0.6) is 0 Å². The van der Waals surface area contributed by atoms with Crippen molar-refractivity contribution in [3.05, 3.63) is 59.9 Å². The van der Waals surface area contributed by atoms with E-state index in [1.165, 1.54) is 12.8 Å². The third kappa shape index (κ3) is 4.07. The Morgan fingerprint density at radius 1 is 1.03 bits per heavy atom. The Kier molecular flexibility index (Phi) is 5.28. The summed E-state index contributed by atoms with van der Waals surface area (Å²) >= 11 is 0. The van der Waals surface area contributed by atoms with Crippen LogP contribution in [0.25, 0.3) is 28.1 Å². The molecule has 1 saturated heterocycles. The van der Waals surface area contributed by atoms with Crippen LogP contribution in [-0.2, 0) is 4.79 Å². The normalized spacial score (nSPS) is 21.6. The van der Waals surface area contributed by atoms with Gasteiger partial charge >= 0.3 is 0 Å². The van der Waals surface area contributed by atoms with E-state index < -0.39 is 0 Å². The summed E-state index contributed by atoms with van der Waals surface area (Å²) in [4.78, 5) is 27.4. The largest absolute Gasteiger partial charge is 0.352 e. The number of piperazine rings is 1. The standard InChI is InChI=1S/C31H31N5O/c1-2-23-16-25(24-5-3-4-6-27(24)33-23)26-15-22(17-32)30(34-29(26)20-9-10-20)35-13-14-36(31(37)21-11-12-21)28(18-35)19-7-8-19/h2-6,15-16,19-21,28H,1,7-14,18H2. The van der Waals surface area contributed by atoms with Gasteiger partial charge in [0.15, 0.2) is 0 Å². The van der Waals surface area contributed by atoms with Crippen LogP contribution in [0.4, 0.5) is 5.82 Å². The van der Waals surface area contributed by atoms with Gasteiger partial charge < -0.3 is 9.80 Å². The molecule has 3 aliphatic carbocycles. The molecule has 2 aromatic heterocycles. The molecule has 1 aliphatic heterocycles. The molecule has 1 unspecified atom stereocenters. The molecule has 4 aliphatic rings. The first-order chi connectivity index (χ1) is 18.1. The van der Waals surface area contributed by atoms with Crippen molar-refractivity contribution in [1.82, 2.24) is 14.9 Å². The molecule has 1 atom stereocenters. The Morgan fingerprint density at radius 3 is 2.54 bits per heavy atom. The number of nitriles is 1. The van der Waals surface area contributed by atoms with Gasteiger partial charge in [-0.1, -0.05) is 24.8 Å². The zero-order valence-electron chi connectivity index (χ0n) is 21.1. The fourth-order valence-electron chi connectivity index (χ4n) is 5.97. The number of aromatic nitrogens is 2. The number of anilines is 1. The van der Waals surface area contributed by atoms with Gasteiger partial charge in [0, 0.05) is 42.4 Å². The average Bonchev–Trinajstić information content (AvgIpc) is 3.80. The fourth-order valence-corrected chi connectivity index (χ4v) is 5.97. The summed E-state index contributed by atoms with van der Waals surface area (Å²) in [5.41, 5.74) is 5.53. The van der Waals surface area contributed by atoms with Crippen LogP contribution < -0.4 is 4.90 Å². The van der Waals surface area contributed by atoms with Gasteiger partial charge in [0.05, 0.1) is 28.5 Å². The molecule has 7 rings (SSSR count). The van der Waals surface area contributed by atoms with Gasteiger partial charge in [0.2, 0.25) is 5.91 Å². The minimum absolute atomic E-state index is 0.235. The van der Waals surface area contributed by atoms with Crippen molar-refractivity contribution < 1.29 is 4.79 Å². The van der Waals surface area contributed by atoms with Crippen molar-refractivity contribution in [3.63, 3.8) is 0 Å². The number of rotatable bonds is 6. The number of nitrogens with zero attached hydrogens (tertiary/aromatic N) is 5. The summed E-state index contributed by atoms with van der Waals surface area (Å²) in [6.07, 6.45) is 8.49. The number of fused-ring (bicyclic) bond motifs is 1. The predicted octanol–water partition coefficient (Wildman–Crippen LogP) is 5.53. The van der Waals surface area contributed by atoms with Gasteiger partial charge in [0.25, 0.3) is 0 Å². The number of pyridine rings is 2. The maximum absolute atomic E-state index is 13.0. The lowest BCUT2D eigenvalue weighted by Gasteiger charge is -2.43. The second kappa shape index (κ2) is 8.69. The molecule has 186 valence electrons. The first kappa shape index (κ1) is 22.5. The maximum atomic E-state index is 13.0. The molecule has 37 heavy (non-hydrogen) atoms. The Bertz CT molecular complexity index is 1460. The topological polar surface area (TPSA) is 73.1 Å². The van der Waals surface area contributed by atoms with Gasteiger partial charge in [-0.05, 0) is 74.3 Å². The molecule has 0 bridgehead atoms. The van der Waals surface area contributed by atoms with Crippen LogP contribution in [0.2, 0.25) is 0 Å². The van der Waals surface area contributed by atoms with Crippen molar-refractivity contribution in [2.24, 2.45) is 11.8 Å². The van der Waals surface area contributed by atoms with Crippen molar-refractivity contribution in [1.29, 1.82) is 5.26 Å². The lowest BCUT2D eigenvalue weighted by Crippen LogP contribution is -2.57. The molecule has 0 spiro atoms. The SMILES string of the molecule is C=Cc1cc(-c2cc(C#N)c(N3CCN(C(=O)C4CC4)C(C4CC4)C3)nc2C2CC2)c2ccccc2n1. The summed E-state index contributed by atoms with van der Waals surface area (Å²) in [5, 5.41) is 11.3. The first-order valence-corrected chi connectivity index (χ1v) is 13.7. The van der Waals surface area contributed by atoms with E-state index in [0.29, 0.717) is 23.3 Å². The highest BCUT2D eigenvalue weighted by Gasteiger charge is 2.45. The molecule has 6 nitrogen and oxygen atoms in total. The zero-order chi connectivity index (χ0) is 25.1. The van der Waals surface area contributed by atoms with Crippen molar-refractivity contribution in [2.45, 2.75) is 50.5 Å². The number of benzene rings is 1. The van der Waals surface area contributed by atoms with E-state index in [1.807, 2.05) is 18.2 Å². The van der Waals surface area contributed by atoms with Gasteiger partial charge in [0.1, 0.15) is 11.9 Å². The Hall–Kier alpha value is -3.72. The van der Waals surface area contributed by atoms with Gasteiger partial charge in [-0.3, -0.25) is 4.79 Å². The fraction of sp³-hybridized carbons (Fsp3) is 0.419. The highest BCUT2D eigenvalue weighted by molar-refractivity contribution is 5.96. The van der Waals surface area contributed by atoms with E-state index in [1.54, 1.807) is 6.08 Å². The maximum Gasteiger partial charge on any atom is 0.226 e. The average molecular weight is 490 g/mol. The van der Waals surface area contributed by atoms with E-state index in [9.17, 15) is 10.1 Å². The number of hydrogen-bond donors (Lipinski definition) is 0. The minimum atomic E-state index is 0.235.